The molecule has 0 saturated carbocycles. The molecule has 0 spiro atoms. The number of carbonyl (C=O) groups excluding carboxylic acids is 1. The zero-order valence-electron chi connectivity index (χ0n) is 7.70. The van der Waals surface area contributed by atoms with Gasteiger partial charge in [-0.1, -0.05) is 29.9 Å². The fourth-order valence-corrected chi connectivity index (χ4v) is 0.941. The third-order valence-electron chi connectivity index (χ3n) is 1.65. The van der Waals surface area contributed by atoms with Crippen molar-refractivity contribution in [2.75, 3.05) is 5.32 Å². The Balaban J connectivity index is 2.65. The van der Waals surface area contributed by atoms with Gasteiger partial charge < -0.3 is 10.7 Å². The molecule has 14 heavy (non-hydrogen) atoms. The smallest absolute Gasteiger partial charge is 0.284 e. The van der Waals surface area contributed by atoms with Crippen LogP contribution in [0.15, 0.2) is 24.3 Å². The van der Waals surface area contributed by atoms with Gasteiger partial charge in [0.25, 0.3) is 5.91 Å². The van der Waals surface area contributed by atoms with E-state index >= 15 is 0 Å². The van der Waals surface area contributed by atoms with Crippen molar-refractivity contribution in [2.24, 2.45) is 5.84 Å². The Morgan fingerprint density at radius 1 is 1.36 bits per heavy atom. The largest absolute Gasteiger partial charge is 0.320 e. The van der Waals surface area contributed by atoms with Gasteiger partial charge in [0.05, 0.1) is 0 Å². The number of hydrogen-bond donors (Lipinski definition) is 3. The fraction of sp³-hybridized carbons (Fsp3) is 0.111. The number of thiocarbonyl (C=S) groups is 1. The summed E-state index contributed by atoms with van der Waals surface area (Å²) in [5.41, 5.74) is 3.94. The molecule has 0 radical (unpaired) electrons. The molecule has 0 bridgehead atoms. The molecule has 0 saturated heterocycles. The van der Waals surface area contributed by atoms with Crippen molar-refractivity contribution in [3.63, 3.8) is 0 Å². The van der Waals surface area contributed by atoms with Crippen molar-refractivity contribution in [2.45, 2.75) is 6.92 Å². The number of hydrogen-bond acceptors (Lipinski definition) is 3. The monoisotopic (exact) mass is 209 g/mol. The normalized spacial score (nSPS) is 9.29. The maximum absolute atomic E-state index is 11.2. The number of benzene rings is 1. The van der Waals surface area contributed by atoms with E-state index in [1.165, 1.54) is 0 Å². The minimum Gasteiger partial charge on any atom is -0.320 e. The first-order valence-corrected chi connectivity index (χ1v) is 4.43. The molecule has 1 aromatic rings. The lowest BCUT2D eigenvalue weighted by Gasteiger charge is -2.05. The van der Waals surface area contributed by atoms with Crippen LogP contribution in [0.25, 0.3) is 0 Å². The highest BCUT2D eigenvalue weighted by Crippen LogP contribution is 2.08. The summed E-state index contributed by atoms with van der Waals surface area (Å²) in [6.45, 7) is 1.97. The van der Waals surface area contributed by atoms with E-state index in [4.69, 9.17) is 5.84 Å². The molecule has 5 heteroatoms. The van der Waals surface area contributed by atoms with Crippen LogP contribution in [-0.4, -0.2) is 10.9 Å². The highest BCUT2D eigenvalue weighted by atomic mass is 32.1. The molecule has 1 amide bonds. The molecule has 0 atom stereocenters. The van der Waals surface area contributed by atoms with Crippen molar-refractivity contribution >= 4 is 28.8 Å². The first kappa shape index (κ1) is 10.6. The number of nitrogens with one attached hydrogen (secondary N) is 2. The predicted octanol–water partition coefficient (Wildman–Crippen LogP) is 0.724. The molecule has 0 heterocycles. The van der Waals surface area contributed by atoms with Gasteiger partial charge in [-0.05, 0) is 19.1 Å². The summed E-state index contributed by atoms with van der Waals surface area (Å²) in [7, 11) is 0. The minimum absolute atomic E-state index is 0.0365. The summed E-state index contributed by atoms with van der Waals surface area (Å²) >= 11 is 4.65. The Bertz CT molecular complexity index is 348. The van der Waals surface area contributed by atoms with Gasteiger partial charge in [-0.25, -0.2) is 5.84 Å². The highest BCUT2D eigenvalue weighted by molar-refractivity contribution is 7.82. The molecule has 1 rings (SSSR count). The van der Waals surface area contributed by atoms with E-state index in [9.17, 15) is 4.79 Å². The van der Waals surface area contributed by atoms with E-state index in [1.807, 2.05) is 19.1 Å². The number of rotatable bonds is 1. The minimum atomic E-state index is -0.411. The van der Waals surface area contributed by atoms with Gasteiger partial charge in [0, 0.05) is 5.69 Å². The standard InChI is InChI=1S/C9H11N3OS/c1-6-2-4-7(5-3-6)11-8(13)9(14)12-10/h2-5H,10H2,1H3,(H,11,13)(H,12,14). The second kappa shape index (κ2) is 4.69. The van der Waals surface area contributed by atoms with Crippen molar-refractivity contribution in [1.82, 2.24) is 5.43 Å². The molecule has 0 aliphatic heterocycles. The Kier molecular flexibility index (Phi) is 3.55. The highest BCUT2D eigenvalue weighted by Gasteiger charge is 2.06. The predicted molar refractivity (Wildman–Crippen MR) is 59.7 cm³/mol. The average molecular weight is 209 g/mol. The van der Waals surface area contributed by atoms with E-state index in [1.54, 1.807) is 12.1 Å². The van der Waals surface area contributed by atoms with E-state index in [0.717, 1.165) is 5.56 Å². The van der Waals surface area contributed by atoms with Gasteiger partial charge in [-0.15, -0.1) is 0 Å². The van der Waals surface area contributed by atoms with Gasteiger partial charge in [0.15, 0.2) is 4.99 Å². The first-order chi connectivity index (χ1) is 6.63. The summed E-state index contributed by atoms with van der Waals surface area (Å²) in [4.78, 5) is 11.2. The Morgan fingerprint density at radius 3 is 2.43 bits per heavy atom. The first-order valence-electron chi connectivity index (χ1n) is 4.02. The number of amides is 1. The SMILES string of the molecule is Cc1ccc(NC(=O)C(=S)NN)cc1. The number of nitrogens with two attached hydrogens (primary N) is 1. The lowest BCUT2D eigenvalue weighted by atomic mass is 10.2. The number of anilines is 1. The molecular weight excluding hydrogens is 198 g/mol. The Morgan fingerprint density at radius 2 is 1.93 bits per heavy atom. The summed E-state index contributed by atoms with van der Waals surface area (Å²) < 4.78 is 0. The Labute approximate surface area is 87.5 Å². The van der Waals surface area contributed by atoms with Gasteiger partial charge in [-0.3, -0.25) is 4.79 Å². The molecule has 0 unspecified atom stereocenters. The summed E-state index contributed by atoms with van der Waals surface area (Å²) in [6, 6.07) is 7.39. The van der Waals surface area contributed by atoms with E-state index in [-0.39, 0.29) is 4.99 Å². The van der Waals surface area contributed by atoms with E-state index in [0.29, 0.717) is 5.69 Å². The fourth-order valence-electron chi connectivity index (χ4n) is 0.890. The molecular formula is C9H11N3OS. The van der Waals surface area contributed by atoms with Gasteiger partial charge in [0.1, 0.15) is 0 Å². The van der Waals surface area contributed by atoms with Crippen LogP contribution in [0.4, 0.5) is 5.69 Å². The topological polar surface area (TPSA) is 67.2 Å². The molecule has 0 fully saturated rings. The maximum atomic E-state index is 11.2. The Hall–Kier alpha value is -1.46. The third kappa shape index (κ3) is 2.79. The van der Waals surface area contributed by atoms with Crippen molar-refractivity contribution < 1.29 is 4.79 Å². The van der Waals surface area contributed by atoms with Crippen LogP contribution in [-0.2, 0) is 4.79 Å². The van der Waals surface area contributed by atoms with Crippen LogP contribution in [0.3, 0.4) is 0 Å². The lowest BCUT2D eigenvalue weighted by Crippen LogP contribution is -2.38. The molecule has 0 aromatic heterocycles. The zero-order chi connectivity index (χ0) is 10.6. The van der Waals surface area contributed by atoms with Crippen LogP contribution in [0, 0.1) is 6.92 Å². The third-order valence-corrected chi connectivity index (χ3v) is 1.95. The second-order valence-electron chi connectivity index (χ2n) is 2.79. The summed E-state index contributed by atoms with van der Waals surface area (Å²) in [5.74, 6) is 4.59. The maximum Gasteiger partial charge on any atom is 0.284 e. The summed E-state index contributed by atoms with van der Waals surface area (Å²) in [5, 5.41) is 2.60. The van der Waals surface area contributed by atoms with E-state index < -0.39 is 5.91 Å². The molecule has 4 nitrogen and oxygen atoms in total. The van der Waals surface area contributed by atoms with Crippen molar-refractivity contribution in [3.05, 3.63) is 29.8 Å². The number of aryl methyl sites for hydroxylation is 1. The zero-order valence-corrected chi connectivity index (χ0v) is 8.52. The van der Waals surface area contributed by atoms with Gasteiger partial charge in [0.2, 0.25) is 0 Å². The van der Waals surface area contributed by atoms with Crippen LogP contribution in [0.2, 0.25) is 0 Å². The number of hydrazine groups is 1. The average Bonchev–Trinajstić information content (AvgIpc) is 2.20. The molecule has 4 N–H and O–H groups in total. The van der Waals surface area contributed by atoms with Crippen LogP contribution < -0.4 is 16.6 Å². The van der Waals surface area contributed by atoms with Crippen LogP contribution >= 0.6 is 12.2 Å². The van der Waals surface area contributed by atoms with Crippen LogP contribution in [0.5, 0.6) is 0 Å². The van der Waals surface area contributed by atoms with Crippen molar-refractivity contribution in [3.8, 4) is 0 Å². The molecule has 0 aliphatic carbocycles. The number of carbonyl (C=O) groups is 1. The van der Waals surface area contributed by atoms with E-state index in [2.05, 4.69) is 23.0 Å². The van der Waals surface area contributed by atoms with Gasteiger partial charge in [-0.2, -0.15) is 0 Å². The summed E-state index contributed by atoms with van der Waals surface area (Å²) in [6.07, 6.45) is 0. The van der Waals surface area contributed by atoms with Crippen LogP contribution in [0.1, 0.15) is 5.56 Å². The molecule has 1 aromatic carbocycles. The quantitative estimate of drug-likeness (QED) is 0.362. The molecule has 0 aliphatic rings. The van der Waals surface area contributed by atoms with Gasteiger partial charge >= 0.3 is 0 Å². The van der Waals surface area contributed by atoms with Crippen molar-refractivity contribution in [1.29, 1.82) is 0 Å². The molecule has 74 valence electrons. The lowest BCUT2D eigenvalue weighted by molar-refractivity contribution is -0.110. The second-order valence-corrected chi connectivity index (χ2v) is 3.20.